The summed E-state index contributed by atoms with van der Waals surface area (Å²) in [6, 6.07) is 19.2. The van der Waals surface area contributed by atoms with Crippen LogP contribution in [0, 0.1) is 12.8 Å². The molecule has 3 rings (SSSR count). The highest BCUT2D eigenvalue weighted by atomic mass is 16.6. The van der Waals surface area contributed by atoms with E-state index in [4.69, 9.17) is 4.74 Å². The number of hydrogen-bond donors (Lipinski definition) is 2. The number of hydrogen-bond acceptors (Lipinski definition) is 4. The molecule has 0 aliphatic carbocycles. The number of nitrogens with one attached hydrogen (secondary N) is 2. The van der Waals surface area contributed by atoms with E-state index in [0.717, 1.165) is 16.3 Å². The molecule has 40 heavy (non-hydrogen) atoms. The van der Waals surface area contributed by atoms with Crippen molar-refractivity contribution in [2.75, 3.05) is 5.32 Å². The molecular formula is C33H43N3O4. The lowest BCUT2D eigenvalue weighted by molar-refractivity contribution is -0.144. The Balaban J connectivity index is 2.04. The monoisotopic (exact) mass is 545 g/mol. The maximum absolute atomic E-state index is 14.3. The van der Waals surface area contributed by atoms with Gasteiger partial charge in [0.15, 0.2) is 0 Å². The Morgan fingerprint density at radius 3 is 2.17 bits per heavy atom. The number of benzene rings is 3. The number of ether oxygens (including phenoxy) is 1. The van der Waals surface area contributed by atoms with Crippen LogP contribution in [0.15, 0.2) is 66.7 Å². The van der Waals surface area contributed by atoms with Crippen molar-refractivity contribution in [1.82, 2.24) is 10.2 Å². The third-order valence-corrected chi connectivity index (χ3v) is 6.83. The van der Waals surface area contributed by atoms with Crippen LogP contribution < -0.4 is 10.6 Å². The minimum atomic E-state index is -0.921. The Morgan fingerprint density at radius 2 is 1.57 bits per heavy atom. The molecule has 7 nitrogen and oxygen atoms in total. The average molecular weight is 546 g/mol. The molecule has 0 aliphatic rings. The summed E-state index contributed by atoms with van der Waals surface area (Å²) >= 11 is 0. The van der Waals surface area contributed by atoms with E-state index < -0.39 is 23.8 Å². The fourth-order valence-corrected chi connectivity index (χ4v) is 4.66. The summed E-state index contributed by atoms with van der Waals surface area (Å²) in [5, 5.41) is 7.91. The minimum absolute atomic E-state index is 0.242. The van der Waals surface area contributed by atoms with Gasteiger partial charge in [0.1, 0.15) is 17.7 Å². The lowest BCUT2D eigenvalue weighted by Crippen LogP contribution is -2.56. The highest BCUT2D eigenvalue weighted by Gasteiger charge is 2.39. The lowest BCUT2D eigenvalue weighted by atomic mass is 9.96. The average Bonchev–Trinajstić information content (AvgIpc) is 2.88. The van der Waals surface area contributed by atoms with Crippen molar-refractivity contribution >= 4 is 34.4 Å². The van der Waals surface area contributed by atoms with Crippen LogP contribution in [0.1, 0.15) is 72.1 Å². The van der Waals surface area contributed by atoms with E-state index in [1.54, 1.807) is 25.7 Å². The topological polar surface area (TPSA) is 87.7 Å². The van der Waals surface area contributed by atoms with Gasteiger partial charge >= 0.3 is 6.09 Å². The Labute approximate surface area is 238 Å². The molecule has 0 aromatic heterocycles. The van der Waals surface area contributed by atoms with Crippen LogP contribution in [0.2, 0.25) is 0 Å². The van der Waals surface area contributed by atoms with E-state index in [1.165, 1.54) is 0 Å². The maximum Gasteiger partial charge on any atom is 0.408 e. The zero-order valence-corrected chi connectivity index (χ0v) is 24.9. The fraction of sp³-hybridized carbons (Fsp3) is 0.424. The van der Waals surface area contributed by atoms with E-state index in [9.17, 15) is 14.4 Å². The molecule has 0 fully saturated rings. The first-order chi connectivity index (χ1) is 18.8. The number of rotatable bonds is 9. The number of alkyl carbamates (subject to hydrolysis) is 1. The SMILES string of the molecule is CCC(C)N(C(=O)C(NC(=O)OC(C)(C)C)C(C)C)C(C(=O)Nc1ccc2ccccc2c1)c1cccc(C)c1. The number of carbonyl (C=O) groups excluding carboxylic acids is 3. The van der Waals surface area contributed by atoms with Crippen molar-refractivity contribution in [3.63, 3.8) is 0 Å². The smallest absolute Gasteiger partial charge is 0.408 e. The van der Waals surface area contributed by atoms with Gasteiger partial charge in [-0.05, 0) is 75.4 Å². The molecule has 214 valence electrons. The van der Waals surface area contributed by atoms with Gasteiger partial charge < -0.3 is 20.3 Å². The molecule has 3 amide bonds. The number of anilines is 1. The molecule has 0 bridgehead atoms. The van der Waals surface area contributed by atoms with Gasteiger partial charge in [0.2, 0.25) is 5.91 Å². The molecule has 3 aromatic carbocycles. The summed E-state index contributed by atoms with van der Waals surface area (Å²) in [4.78, 5) is 42.7. The highest BCUT2D eigenvalue weighted by Crippen LogP contribution is 2.29. The normalized spacial score (nSPS) is 13.8. The summed E-state index contributed by atoms with van der Waals surface area (Å²) in [6.45, 7) is 14.9. The van der Waals surface area contributed by atoms with E-state index in [0.29, 0.717) is 17.7 Å². The van der Waals surface area contributed by atoms with Crippen molar-refractivity contribution < 1.29 is 19.1 Å². The lowest BCUT2D eigenvalue weighted by Gasteiger charge is -2.39. The molecule has 3 atom stereocenters. The first-order valence-electron chi connectivity index (χ1n) is 14.0. The summed E-state index contributed by atoms with van der Waals surface area (Å²) in [6.07, 6.45) is -0.0504. The van der Waals surface area contributed by atoms with Crippen LogP contribution in [0.5, 0.6) is 0 Å². The molecule has 7 heteroatoms. The molecular weight excluding hydrogens is 502 g/mol. The van der Waals surface area contributed by atoms with E-state index in [-0.39, 0.29) is 23.8 Å². The first-order valence-corrected chi connectivity index (χ1v) is 14.0. The predicted molar refractivity (Wildman–Crippen MR) is 161 cm³/mol. The van der Waals surface area contributed by atoms with Gasteiger partial charge in [0.05, 0.1) is 0 Å². The van der Waals surface area contributed by atoms with Gasteiger partial charge in [-0.2, -0.15) is 0 Å². The van der Waals surface area contributed by atoms with Gasteiger partial charge in [-0.25, -0.2) is 4.79 Å². The van der Waals surface area contributed by atoms with Crippen molar-refractivity contribution in [1.29, 1.82) is 0 Å². The maximum atomic E-state index is 14.3. The quantitative estimate of drug-likeness (QED) is 0.303. The molecule has 0 saturated carbocycles. The second-order valence-electron chi connectivity index (χ2n) is 11.7. The second kappa shape index (κ2) is 13.0. The fourth-order valence-electron chi connectivity index (χ4n) is 4.66. The third-order valence-electron chi connectivity index (χ3n) is 6.83. The molecule has 3 unspecified atom stereocenters. The van der Waals surface area contributed by atoms with Crippen molar-refractivity contribution in [2.24, 2.45) is 5.92 Å². The van der Waals surface area contributed by atoms with Crippen molar-refractivity contribution in [3.05, 3.63) is 77.9 Å². The zero-order chi connectivity index (χ0) is 29.6. The van der Waals surface area contributed by atoms with Gasteiger partial charge in [-0.3, -0.25) is 9.59 Å². The largest absolute Gasteiger partial charge is 0.444 e. The Kier molecular flexibility index (Phi) is 9.96. The van der Waals surface area contributed by atoms with Crippen LogP contribution in [-0.4, -0.2) is 40.5 Å². The predicted octanol–water partition coefficient (Wildman–Crippen LogP) is 7.00. The summed E-state index contributed by atoms with van der Waals surface area (Å²) in [5.41, 5.74) is 1.61. The standard InChI is InChI=1S/C33H43N3O4/c1-9-23(5)36(31(38)28(21(2)3)35-32(39)40-33(6,7)8)29(26-16-12-13-22(4)19-26)30(37)34-27-18-17-24-14-10-11-15-25(24)20-27/h10-21,23,28-29H,9H2,1-8H3,(H,34,37)(H,35,39). The molecule has 0 aliphatic heterocycles. The summed E-state index contributed by atoms with van der Waals surface area (Å²) in [5.74, 6) is -0.905. The van der Waals surface area contributed by atoms with E-state index >= 15 is 0 Å². The van der Waals surface area contributed by atoms with Gasteiger partial charge in [0.25, 0.3) is 5.91 Å². The zero-order valence-electron chi connectivity index (χ0n) is 24.9. The van der Waals surface area contributed by atoms with Crippen LogP contribution in [0.3, 0.4) is 0 Å². The molecule has 0 spiro atoms. The highest BCUT2D eigenvalue weighted by molar-refractivity contribution is 6.00. The Morgan fingerprint density at radius 1 is 0.900 bits per heavy atom. The number of aryl methyl sites for hydroxylation is 1. The van der Waals surface area contributed by atoms with Crippen molar-refractivity contribution in [2.45, 2.75) is 85.5 Å². The van der Waals surface area contributed by atoms with Crippen molar-refractivity contribution in [3.8, 4) is 0 Å². The molecule has 2 N–H and O–H groups in total. The number of fused-ring (bicyclic) bond motifs is 1. The molecule has 0 radical (unpaired) electrons. The van der Waals surface area contributed by atoms with Gasteiger partial charge in [-0.15, -0.1) is 0 Å². The molecule has 3 aromatic rings. The Bertz CT molecular complexity index is 1340. The molecule has 0 heterocycles. The summed E-state index contributed by atoms with van der Waals surface area (Å²) < 4.78 is 5.46. The number of carbonyl (C=O) groups is 3. The van der Waals surface area contributed by atoms with Crippen LogP contribution in [-0.2, 0) is 14.3 Å². The third kappa shape index (κ3) is 7.84. The number of amides is 3. The first kappa shape index (κ1) is 30.7. The van der Waals surface area contributed by atoms with Gasteiger partial charge in [0, 0.05) is 11.7 Å². The van der Waals surface area contributed by atoms with Crippen LogP contribution in [0.4, 0.5) is 10.5 Å². The van der Waals surface area contributed by atoms with Crippen LogP contribution >= 0.6 is 0 Å². The second-order valence-corrected chi connectivity index (χ2v) is 11.7. The Hall–Kier alpha value is -3.87. The van der Waals surface area contributed by atoms with E-state index in [2.05, 4.69) is 10.6 Å². The van der Waals surface area contributed by atoms with E-state index in [1.807, 2.05) is 101 Å². The minimum Gasteiger partial charge on any atom is -0.444 e. The number of nitrogens with zero attached hydrogens (tertiary/aromatic N) is 1. The summed E-state index contributed by atoms with van der Waals surface area (Å²) in [7, 11) is 0. The van der Waals surface area contributed by atoms with Gasteiger partial charge in [-0.1, -0.05) is 80.9 Å². The molecule has 0 saturated heterocycles. The van der Waals surface area contributed by atoms with Crippen LogP contribution in [0.25, 0.3) is 10.8 Å².